The van der Waals surface area contributed by atoms with Gasteiger partial charge in [-0.3, -0.25) is 4.99 Å². The van der Waals surface area contributed by atoms with Gasteiger partial charge in [-0.25, -0.2) is 0 Å². The van der Waals surface area contributed by atoms with Crippen molar-refractivity contribution in [2.75, 3.05) is 6.54 Å². The monoisotopic (exact) mass is 308 g/mol. The average Bonchev–Trinajstić information content (AvgIpc) is 2.51. The van der Waals surface area contributed by atoms with E-state index in [4.69, 9.17) is 15.3 Å². The summed E-state index contributed by atoms with van der Waals surface area (Å²) in [7, 11) is 0. The quantitative estimate of drug-likeness (QED) is 0.525. The lowest BCUT2D eigenvalue weighted by Gasteiger charge is -2.31. The van der Waals surface area contributed by atoms with Gasteiger partial charge in [0, 0.05) is 12.0 Å². The molecule has 0 bridgehead atoms. The molecule has 0 aromatic heterocycles. The van der Waals surface area contributed by atoms with Gasteiger partial charge in [0.2, 0.25) is 0 Å². The second-order valence-electron chi connectivity index (χ2n) is 5.88. The van der Waals surface area contributed by atoms with Crippen LogP contribution in [0.15, 0.2) is 29.3 Å². The molecule has 0 amide bonds. The molecule has 0 saturated carbocycles. The minimum Gasteiger partial charge on any atom is -0.483 e. The second kappa shape index (κ2) is 6.98. The zero-order valence-corrected chi connectivity index (χ0v) is 13.7. The van der Waals surface area contributed by atoms with E-state index in [0.29, 0.717) is 5.56 Å². The molecule has 1 N–H and O–H groups in total. The van der Waals surface area contributed by atoms with Crippen molar-refractivity contribution in [2.45, 2.75) is 39.2 Å². The SMILES string of the molecule is CCCC(=NCC#N)NC1=CC(C)(C)Oc2ccc(C#N)cc21. The minimum absolute atomic E-state index is 0.126. The first kappa shape index (κ1) is 16.6. The van der Waals surface area contributed by atoms with Crippen molar-refractivity contribution in [3.8, 4) is 17.9 Å². The second-order valence-corrected chi connectivity index (χ2v) is 5.88. The Kier molecular flexibility index (Phi) is 5.03. The predicted molar refractivity (Wildman–Crippen MR) is 89.8 cm³/mol. The van der Waals surface area contributed by atoms with Crippen LogP contribution in [0, 0.1) is 22.7 Å². The lowest BCUT2D eigenvalue weighted by Crippen LogP contribution is -2.33. The molecule has 0 fully saturated rings. The van der Waals surface area contributed by atoms with Crippen molar-refractivity contribution in [3.05, 3.63) is 35.4 Å². The molecular weight excluding hydrogens is 288 g/mol. The molecule has 2 rings (SSSR count). The van der Waals surface area contributed by atoms with E-state index < -0.39 is 5.60 Å². The Labute approximate surface area is 136 Å². The summed E-state index contributed by atoms with van der Waals surface area (Å²) in [6.45, 7) is 6.14. The van der Waals surface area contributed by atoms with Crippen LogP contribution in [-0.2, 0) is 0 Å². The maximum Gasteiger partial charge on any atom is 0.130 e. The summed E-state index contributed by atoms with van der Waals surface area (Å²) in [5, 5.41) is 21.2. The van der Waals surface area contributed by atoms with E-state index in [0.717, 1.165) is 35.7 Å². The molecule has 0 radical (unpaired) electrons. The van der Waals surface area contributed by atoms with Crippen molar-refractivity contribution in [2.24, 2.45) is 4.99 Å². The van der Waals surface area contributed by atoms with Gasteiger partial charge in [-0.1, -0.05) is 6.92 Å². The lowest BCUT2D eigenvalue weighted by atomic mass is 9.97. The Hall–Kier alpha value is -2.79. The number of ether oxygens (including phenoxy) is 1. The Morgan fingerprint density at radius 1 is 1.35 bits per heavy atom. The molecule has 1 heterocycles. The molecule has 5 heteroatoms. The van der Waals surface area contributed by atoms with Crippen LogP contribution < -0.4 is 10.1 Å². The highest BCUT2D eigenvalue weighted by molar-refractivity contribution is 5.92. The number of aliphatic imine (C=N–C) groups is 1. The zero-order valence-electron chi connectivity index (χ0n) is 13.7. The maximum atomic E-state index is 9.12. The summed E-state index contributed by atoms with van der Waals surface area (Å²) in [4.78, 5) is 4.29. The molecule has 1 aromatic rings. The fourth-order valence-corrected chi connectivity index (χ4v) is 2.44. The summed E-state index contributed by atoms with van der Waals surface area (Å²) < 4.78 is 5.95. The van der Waals surface area contributed by atoms with Crippen LogP contribution in [0.25, 0.3) is 5.70 Å². The number of nitrogens with zero attached hydrogens (tertiary/aromatic N) is 3. The molecule has 0 atom stereocenters. The van der Waals surface area contributed by atoms with Gasteiger partial charge < -0.3 is 10.1 Å². The maximum absolute atomic E-state index is 9.12. The smallest absolute Gasteiger partial charge is 0.130 e. The molecule has 1 aromatic carbocycles. The fraction of sp³-hybridized carbons (Fsp3) is 0.389. The van der Waals surface area contributed by atoms with Crippen LogP contribution in [0.3, 0.4) is 0 Å². The van der Waals surface area contributed by atoms with E-state index in [1.165, 1.54) is 0 Å². The van der Waals surface area contributed by atoms with Gasteiger partial charge in [-0.2, -0.15) is 10.5 Å². The fourth-order valence-electron chi connectivity index (χ4n) is 2.44. The van der Waals surface area contributed by atoms with Gasteiger partial charge >= 0.3 is 0 Å². The van der Waals surface area contributed by atoms with Crippen LogP contribution in [-0.4, -0.2) is 18.0 Å². The summed E-state index contributed by atoms with van der Waals surface area (Å²) in [6, 6.07) is 9.54. The number of nitriles is 2. The third kappa shape index (κ3) is 4.11. The lowest BCUT2D eigenvalue weighted by molar-refractivity contribution is 0.157. The first-order chi connectivity index (χ1) is 11.0. The third-order valence-corrected chi connectivity index (χ3v) is 3.37. The highest BCUT2D eigenvalue weighted by Gasteiger charge is 2.27. The van der Waals surface area contributed by atoms with Crippen molar-refractivity contribution in [1.82, 2.24) is 5.32 Å². The largest absolute Gasteiger partial charge is 0.483 e. The van der Waals surface area contributed by atoms with E-state index in [1.807, 2.05) is 32.1 Å². The highest BCUT2D eigenvalue weighted by atomic mass is 16.5. The number of fused-ring (bicyclic) bond motifs is 1. The average molecular weight is 308 g/mol. The molecule has 0 saturated heterocycles. The zero-order chi connectivity index (χ0) is 16.9. The molecule has 1 aliphatic heterocycles. The number of hydrogen-bond acceptors (Lipinski definition) is 4. The standard InChI is InChI=1S/C18H20N4O/c1-4-5-17(21-9-8-19)22-15-11-18(2,3)23-16-7-6-13(12-20)10-14(15)16/h6-7,10-11H,4-5,9H2,1-3H3,(H,21,22). The predicted octanol–water partition coefficient (Wildman–Crippen LogP) is 3.38. The Morgan fingerprint density at radius 2 is 2.13 bits per heavy atom. The molecule has 0 unspecified atom stereocenters. The molecule has 5 nitrogen and oxygen atoms in total. The molecular formula is C18H20N4O. The molecule has 0 spiro atoms. The van der Waals surface area contributed by atoms with Crippen molar-refractivity contribution < 1.29 is 4.74 Å². The minimum atomic E-state index is -0.462. The summed E-state index contributed by atoms with van der Waals surface area (Å²) >= 11 is 0. The van der Waals surface area contributed by atoms with Crippen molar-refractivity contribution >= 4 is 11.5 Å². The van der Waals surface area contributed by atoms with E-state index in [9.17, 15) is 0 Å². The first-order valence-corrected chi connectivity index (χ1v) is 7.62. The van der Waals surface area contributed by atoms with Gasteiger partial charge in [0.05, 0.1) is 23.4 Å². The van der Waals surface area contributed by atoms with Gasteiger partial charge in [-0.05, 0) is 44.5 Å². The van der Waals surface area contributed by atoms with Crippen LogP contribution in [0.2, 0.25) is 0 Å². The van der Waals surface area contributed by atoms with Gasteiger partial charge in [0.1, 0.15) is 23.7 Å². The van der Waals surface area contributed by atoms with Crippen molar-refractivity contribution in [3.63, 3.8) is 0 Å². The third-order valence-electron chi connectivity index (χ3n) is 3.37. The Balaban J connectivity index is 2.41. The van der Waals surface area contributed by atoms with Crippen LogP contribution in [0.4, 0.5) is 0 Å². The Bertz CT molecular complexity index is 732. The van der Waals surface area contributed by atoms with E-state index in [-0.39, 0.29) is 6.54 Å². The number of hydrogen-bond donors (Lipinski definition) is 1. The number of benzene rings is 1. The van der Waals surface area contributed by atoms with Gasteiger partial charge in [-0.15, -0.1) is 0 Å². The van der Waals surface area contributed by atoms with Crippen molar-refractivity contribution in [1.29, 1.82) is 10.5 Å². The summed E-state index contributed by atoms with van der Waals surface area (Å²) in [5.74, 6) is 1.50. The number of amidine groups is 1. The molecule has 0 aliphatic carbocycles. The van der Waals surface area contributed by atoms with Crippen LogP contribution >= 0.6 is 0 Å². The van der Waals surface area contributed by atoms with Crippen LogP contribution in [0.1, 0.15) is 44.7 Å². The highest BCUT2D eigenvalue weighted by Crippen LogP contribution is 2.35. The van der Waals surface area contributed by atoms with Crippen LogP contribution in [0.5, 0.6) is 5.75 Å². The first-order valence-electron chi connectivity index (χ1n) is 7.62. The Morgan fingerprint density at radius 3 is 2.78 bits per heavy atom. The molecule has 1 aliphatic rings. The summed E-state index contributed by atoms with van der Waals surface area (Å²) in [5.41, 5.74) is 1.81. The number of nitrogens with one attached hydrogen (secondary N) is 1. The van der Waals surface area contributed by atoms with Gasteiger partial charge in [0.15, 0.2) is 0 Å². The van der Waals surface area contributed by atoms with E-state index >= 15 is 0 Å². The molecule has 118 valence electrons. The number of rotatable bonds is 4. The summed E-state index contributed by atoms with van der Waals surface area (Å²) in [6.07, 6.45) is 3.66. The van der Waals surface area contributed by atoms with E-state index in [1.54, 1.807) is 12.1 Å². The normalized spacial score (nSPS) is 15.5. The molecule has 23 heavy (non-hydrogen) atoms. The topological polar surface area (TPSA) is 81.2 Å². The van der Waals surface area contributed by atoms with Gasteiger partial charge in [0.25, 0.3) is 0 Å². The van der Waals surface area contributed by atoms with E-state index in [2.05, 4.69) is 23.3 Å².